The molecule has 28 heavy (non-hydrogen) atoms. The van der Waals surface area contributed by atoms with Crippen LogP contribution in [0.4, 0.5) is 4.39 Å². The van der Waals surface area contributed by atoms with Crippen LogP contribution in [-0.2, 0) is 4.74 Å². The zero-order valence-corrected chi connectivity index (χ0v) is 18.3. The molecule has 2 fully saturated rings. The second-order valence-corrected chi connectivity index (χ2v) is 9.10. The van der Waals surface area contributed by atoms with Gasteiger partial charge < -0.3 is 19.8 Å². The van der Waals surface area contributed by atoms with Crippen molar-refractivity contribution in [3.8, 4) is 5.75 Å². The molecular weight excluding hydrogens is 473 g/mol. The number of nitrogens with one attached hydrogen (secondary N) is 2. The number of ether oxygens (including phenoxy) is 2. The number of aromatic nitrogens is 2. The summed E-state index contributed by atoms with van der Waals surface area (Å²) in [5.74, 6) is 0.344. The molecule has 4 rings (SSSR count). The summed E-state index contributed by atoms with van der Waals surface area (Å²) in [6, 6.07) is 0.189. The van der Waals surface area contributed by atoms with Crippen LogP contribution in [-0.4, -0.2) is 48.6 Å². The van der Waals surface area contributed by atoms with Crippen molar-refractivity contribution in [2.45, 2.75) is 24.0 Å². The number of thioether (sulfide) groups is 1. The van der Waals surface area contributed by atoms with E-state index in [1.54, 1.807) is 6.26 Å². The van der Waals surface area contributed by atoms with E-state index in [2.05, 4.69) is 31.2 Å². The summed E-state index contributed by atoms with van der Waals surface area (Å²) in [6.07, 6.45) is 4.31. The fourth-order valence-electron chi connectivity index (χ4n) is 3.28. The first-order chi connectivity index (χ1) is 13.5. The van der Waals surface area contributed by atoms with Crippen LogP contribution in [0.5, 0.6) is 5.75 Å². The van der Waals surface area contributed by atoms with E-state index in [0.717, 1.165) is 12.5 Å². The van der Waals surface area contributed by atoms with Crippen LogP contribution in [0, 0.1) is 17.7 Å². The third-order valence-electron chi connectivity index (χ3n) is 5.12. The molecule has 152 valence electrons. The Morgan fingerprint density at radius 2 is 2.25 bits per heavy atom. The zero-order valence-electron chi connectivity index (χ0n) is 15.2. The molecule has 1 aromatic heterocycles. The summed E-state index contributed by atoms with van der Waals surface area (Å²) in [7, 11) is 0. The molecule has 2 aromatic rings. The third kappa shape index (κ3) is 4.05. The van der Waals surface area contributed by atoms with Gasteiger partial charge in [-0.2, -0.15) is 0 Å². The van der Waals surface area contributed by atoms with Crippen LogP contribution in [0.15, 0.2) is 14.4 Å². The van der Waals surface area contributed by atoms with Gasteiger partial charge in [-0.15, -0.1) is 0 Å². The molecule has 2 heterocycles. The highest BCUT2D eigenvalue weighted by molar-refractivity contribution is 9.10. The molecular formula is C18H20BrClFN3O3S. The maximum Gasteiger partial charge on any atom is 0.263 e. The van der Waals surface area contributed by atoms with Gasteiger partial charge in [-0.1, -0.05) is 23.4 Å². The molecule has 1 aliphatic heterocycles. The fraction of sp³-hybridized carbons (Fsp3) is 0.556. The number of hydrogen-bond acceptors (Lipinski definition) is 6. The molecule has 2 N–H and O–H groups in total. The lowest BCUT2D eigenvalue weighted by atomic mass is 10.0. The summed E-state index contributed by atoms with van der Waals surface area (Å²) in [6.45, 7) is 2.48. The predicted octanol–water partition coefficient (Wildman–Crippen LogP) is 3.59. The van der Waals surface area contributed by atoms with Gasteiger partial charge in [0.2, 0.25) is 0 Å². The molecule has 1 aliphatic carbocycles. The zero-order chi connectivity index (χ0) is 19.8. The van der Waals surface area contributed by atoms with Crippen LogP contribution in [0.25, 0.3) is 10.9 Å². The lowest BCUT2D eigenvalue weighted by molar-refractivity contribution is 0.167. The second kappa shape index (κ2) is 8.47. The number of H-pyrrole nitrogens is 1. The largest absolute Gasteiger partial charge is 0.491 e. The fourth-order valence-corrected chi connectivity index (χ4v) is 4.26. The van der Waals surface area contributed by atoms with Gasteiger partial charge in [0, 0.05) is 12.0 Å². The average Bonchev–Trinajstić information content (AvgIpc) is 3.42. The summed E-state index contributed by atoms with van der Waals surface area (Å²) in [5.41, 5.74) is -0.547. The number of fused-ring (bicyclic) bond motifs is 1. The van der Waals surface area contributed by atoms with Gasteiger partial charge in [0.1, 0.15) is 15.9 Å². The number of aromatic amines is 1. The van der Waals surface area contributed by atoms with Crippen molar-refractivity contribution in [2.24, 2.45) is 11.8 Å². The van der Waals surface area contributed by atoms with Crippen LogP contribution in [0.3, 0.4) is 0 Å². The van der Waals surface area contributed by atoms with E-state index in [1.165, 1.54) is 24.6 Å². The number of rotatable bonds is 7. The van der Waals surface area contributed by atoms with Crippen LogP contribution in [0.1, 0.15) is 12.8 Å². The topological polar surface area (TPSA) is 76.2 Å². The van der Waals surface area contributed by atoms with E-state index in [4.69, 9.17) is 21.1 Å². The van der Waals surface area contributed by atoms with E-state index >= 15 is 0 Å². The molecule has 2 unspecified atom stereocenters. The maximum atomic E-state index is 14.7. The van der Waals surface area contributed by atoms with Crippen molar-refractivity contribution in [1.29, 1.82) is 0 Å². The molecule has 10 heteroatoms. The molecule has 2 aliphatic rings. The molecule has 6 nitrogen and oxygen atoms in total. The van der Waals surface area contributed by atoms with Crippen molar-refractivity contribution >= 4 is 50.2 Å². The SMILES string of the molecule is CSc1nc2c(F)c(Br)c(Cl)c(OCC3COCC3NCC3CC3)c2c(=O)[nH]1. The Hall–Kier alpha value is -0.870. The molecule has 2 atom stereocenters. The van der Waals surface area contributed by atoms with Crippen molar-refractivity contribution in [3.05, 3.63) is 25.7 Å². The quantitative estimate of drug-likeness (QED) is 0.349. The van der Waals surface area contributed by atoms with Crippen molar-refractivity contribution in [1.82, 2.24) is 15.3 Å². The standard InChI is InChI=1S/C18H20BrClFN3O3S/c1-28-18-23-15-11(17(25)24-18)16(13(20)12(19)14(15)21)27-6-9-5-26-7-10(9)22-4-8-2-3-8/h8-10,22H,2-7H2,1H3,(H,23,24,25). The summed E-state index contributed by atoms with van der Waals surface area (Å²) in [5, 5.41) is 3.90. The molecule has 0 amide bonds. The average molecular weight is 493 g/mol. The van der Waals surface area contributed by atoms with Crippen molar-refractivity contribution in [2.75, 3.05) is 32.6 Å². The summed E-state index contributed by atoms with van der Waals surface area (Å²) in [4.78, 5) is 19.4. The highest BCUT2D eigenvalue weighted by Gasteiger charge is 2.32. The minimum atomic E-state index is -0.679. The second-order valence-electron chi connectivity index (χ2n) is 7.14. The monoisotopic (exact) mass is 491 g/mol. The Bertz CT molecular complexity index is 956. The smallest absolute Gasteiger partial charge is 0.263 e. The molecule has 1 saturated carbocycles. The normalized spacial score (nSPS) is 22.1. The van der Waals surface area contributed by atoms with Gasteiger partial charge in [0.25, 0.3) is 5.56 Å². The summed E-state index contributed by atoms with van der Waals surface area (Å²) >= 11 is 10.7. The number of nitrogens with zero attached hydrogens (tertiary/aromatic N) is 1. The molecule has 1 saturated heterocycles. The highest BCUT2D eigenvalue weighted by Crippen LogP contribution is 2.40. The van der Waals surface area contributed by atoms with E-state index in [1.807, 2.05) is 0 Å². The van der Waals surface area contributed by atoms with Gasteiger partial charge in [-0.05, 0) is 47.5 Å². The van der Waals surface area contributed by atoms with Crippen LogP contribution >= 0.6 is 39.3 Å². The first-order valence-electron chi connectivity index (χ1n) is 9.08. The van der Waals surface area contributed by atoms with E-state index in [-0.39, 0.29) is 38.1 Å². The van der Waals surface area contributed by atoms with Gasteiger partial charge in [0.15, 0.2) is 16.7 Å². The minimum Gasteiger partial charge on any atom is -0.491 e. The highest BCUT2D eigenvalue weighted by atomic mass is 79.9. The van der Waals surface area contributed by atoms with Gasteiger partial charge in [-0.25, -0.2) is 9.37 Å². The summed E-state index contributed by atoms with van der Waals surface area (Å²) < 4.78 is 26.3. The molecule has 0 spiro atoms. The first kappa shape index (κ1) is 20.4. The number of benzene rings is 1. The molecule has 1 aromatic carbocycles. The van der Waals surface area contributed by atoms with Crippen molar-refractivity contribution < 1.29 is 13.9 Å². The lowest BCUT2D eigenvalue weighted by Gasteiger charge is -2.20. The van der Waals surface area contributed by atoms with Crippen LogP contribution in [0.2, 0.25) is 5.02 Å². The van der Waals surface area contributed by atoms with Crippen LogP contribution < -0.4 is 15.6 Å². The van der Waals surface area contributed by atoms with E-state index < -0.39 is 11.4 Å². The minimum absolute atomic E-state index is 0.0184. The molecule has 0 radical (unpaired) electrons. The molecule has 0 bridgehead atoms. The number of halogens is 3. The Morgan fingerprint density at radius 3 is 2.96 bits per heavy atom. The Balaban J connectivity index is 1.61. The first-order valence-corrected chi connectivity index (χ1v) is 11.5. The van der Waals surface area contributed by atoms with E-state index in [9.17, 15) is 9.18 Å². The lowest BCUT2D eigenvalue weighted by Crippen LogP contribution is -2.39. The van der Waals surface area contributed by atoms with E-state index in [0.29, 0.717) is 25.0 Å². The predicted molar refractivity (Wildman–Crippen MR) is 111 cm³/mol. The Morgan fingerprint density at radius 1 is 1.46 bits per heavy atom. The maximum absolute atomic E-state index is 14.7. The third-order valence-corrected chi connectivity index (χ3v) is 7.03. The Kier molecular flexibility index (Phi) is 6.17. The number of hydrogen-bond donors (Lipinski definition) is 2. The Labute approximate surface area is 179 Å². The van der Waals surface area contributed by atoms with Gasteiger partial charge in [0.05, 0.1) is 24.3 Å². The van der Waals surface area contributed by atoms with Gasteiger partial charge in [-0.3, -0.25) is 4.79 Å². The van der Waals surface area contributed by atoms with Gasteiger partial charge >= 0.3 is 0 Å². The van der Waals surface area contributed by atoms with Crippen molar-refractivity contribution in [3.63, 3.8) is 0 Å².